The highest BCUT2D eigenvalue weighted by molar-refractivity contribution is 5.18. The quantitative estimate of drug-likeness (QED) is 0.186. The van der Waals surface area contributed by atoms with Crippen molar-refractivity contribution in [2.75, 3.05) is 0 Å². The molecule has 2 N–H and O–H groups in total. The van der Waals surface area contributed by atoms with E-state index < -0.39 is 0 Å². The summed E-state index contributed by atoms with van der Waals surface area (Å²) in [6, 6.07) is 64.6. The van der Waals surface area contributed by atoms with E-state index in [-0.39, 0.29) is 34.0 Å². The maximum atomic E-state index is 2.22. The van der Waals surface area contributed by atoms with Crippen LogP contribution in [-0.4, -0.2) is 0 Å². The molecule has 0 radical (unpaired) electrons. The van der Waals surface area contributed by atoms with Gasteiger partial charge in [0.05, 0.1) is 0 Å². The van der Waals surface area contributed by atoms with Gasteiger partial charge in [-0.25, -0.2) is 0 Å². The Morgan fingerprint density at radius 2 is 0.348 bits per heavy atom. The summed E-state index contributed by atoms with van der Waals surface area (Å²) in [5.41, 5.74) is 8.36. The van der Waals surface area contributed by atoms with Crippen molar-refractivity contribution in [2.45, 2.75) is 39.3 Å². The number of hydrogen-bond donors (Lipinski definition) is 2. The number of hydrogen-bond acceptors (Lipinski definition) is 0. The van der Waals surface area contributed by atoms with E-state index in [1.165, 1.54) is 33.4 Å². The molecule has 0 aromatic heterocycles. The second kappa shape index (κ2) is 21.1. The summed E-state index contributed by atoms with van der Waals surface area (Å²) in [6.07, 6.45) is 0. The minimum absolute atomic E-state index is 0. The van der Waals surface area contributed by atoms with Crippen molar-refractivity contribution >= 4 is 0 Å². The lowest BCUT2D eigenvalue weighted by molar-refractivity contribution is -0.941. The van der Waals surface area contributed by atoms with Crippen LogP contribution in [0, 0.1) is 0 Å². The Kier molecular flexibility index (Phi) is 16.8. The molecule has 0 spiro atoms. The van der Waals surface area contributed by atoms with Crippen LogP contribution in [0.3, 0.4) is 0 Å². The fourth-order valence-corrected chi connectivity index (χ4v) is 5.68. The number of nitrogens with one attached hydrogen (secondary N) is 2. The minimum atomic E-state index is 0. The SMILES string of the molecule is [Br-].[Br-].c1ccc(C[NH+](Cc2ccccc2)Cc2ccccc2)cc1.c1ccc(C[NH+](Cc2ccccc2)Cc2ccccc2)cc1. The number of quaternary nitrogens is 2. The molecule has 0 atom stereocenters. The first-order valence-electron chi connectivity index (χ1n) is 15.7. The van der Waals surface area contributed by atoms with E-state index >= 15 is 0 Å². The zero-order valence-corrected chi connectivity index (χ0v) is 29.5. The molecule has 46 heavy (non-hydrogen) atoms. The van der Waals surface area contributed by atoms with Crippen LogP contribution in [-0.2, 0) is 39.3 Å². The molecule has 4 heteroatoms. The second-order valence-corrected chi connectivity index (χ2v) is 11.5. The van der Waals surface area contributed by atoms with E-state index in [4.69, 9.17) is 0 Å². The largest absolute Gasteiger partial charge is 1.00 e. The second-order valence-electron chi connectivity index (χ2n) is 11.5. The molecule has 0 aliphatic rings. The summed E-state index contributed by atoms with van der Waals surface area (Å²) in [5, 5.41) is 0. The van der Waals surface area contributed by atoms with Crippen molar-refractivity contribution < 1.29 is 43.8 Å². The number of benzene rings is 6. The van der Waals surface area contributed by atoms with E-state index in [2.05, 4.69) is 182 Å². The molecule has 6 aromatic carbocycles. The highest BCUT2D eigenvalue weighted by atomic mass is 79.9. The lowest BCUT2D eigenvalue weighted by Gasteiger charge is -2.20. The highest BCUT2D eigenvalue weighted by Crippen LogP contribution is 2.03. The van der Waals surface area contributed by atoms with Gasteiger partial charge in [-0.2, -0.15) is 0 Å². The number of halogens is 2. The molecule has 2 nitrogen and oxygen atoms in total. The third-order valence-electron chi connectivity index (χ3n) is 7.78. The van der Waals surface area contributed by atoms with E-state index in [0.717, 1.165) is 39.3 Å². The molecule has 0 aliphatic heterocycles. The van der Waals surface area contributed by atoms with Crippen molar-refractivity contribution in [1.82, 2.24) is 0 Å². The Morgan fingerprint density at radius 3 is 0.478 bits per heavy atom. The van der Waals surface area contributed by atoms with Crippen LogP contribution < -0.4 is 43.8 Å². The summed E-state index contributed by atoms with van der Waals surface area (Å²) in [5.74, 6) is 0. The van der Waals surface area contributed by atoms with Gasteiger partial charge >= 0.3 is 0 Å². The highest BCUT2D eigenvalue weighted by Gasteiger charge is 2.13. The summed E-state index contributed by atoms with van der Waals surface area (Å²) in [6.45, 7) is 6.28. The van der Waals surface area contributed by atoms with Gasteiger partial charge in [-0.3, -0.25) is 0 Å². The third-order valence-corrected chi connectivity index (χ3v) is 7.78. The molecule has 0 bridgehead atoms. The fourth-order valence-electron chi connectivity index (χ4n) is 5.68. The van der Waals surface area contributed by atoms with E-state index in [1.54, 1.807) is 9.80 Å². The van der Waals surface area contributed by atoms with Gasteiger partial charge < -0.3 is 43.8 Å². The van der Waals surface area contributed by atoms with Crippen LogP contribution in [0.25, 0.3) is 0 Å². The summed E-state index contributed by atoms with van der Waals surface area (Å²) >= 11 is 0. The van der Waals surface area contributed by atoms with Gasteiger partial charge in [-0.15, -0.1) is 0 Å². The van der Waals surface area contributed by atoms with Gasteiger partial charge in [0.25, 0.3) is 0 Å². The molecule has 0 aliphatic carbocycles. The molecular formula is C42H44Br2N2. The molecule has 0 fully saturated rings. The van der Waals surface area contributed by atoms with Crippen LogP contribution in [0.5, 0.6) is 0 Å². The van der Waals surface area contributed by atoms with Gasteiger partial charge in [-0.1, -0.05) is 182 Å². The average Bonchev–Trinajstić information content (AvgIpc) is 3.08. The van der Waals surface area contributed by atoms with Crippen molar-refractivity contribution in [3.63, 3.8) is 0 Å². The normalized spacial score (nSPS) is 10.3. The Hall–Kier alpha value is -3.80. The average molecular weight is 737 g/mol. The zero-order valence-electron chi connectivity index (χ0n) is 26.3. The zero-order chi connectivity index (χ0) is 30.1. The molecular weight excluding hydrogens is 692 g/mol. The smallest absolute Gasteiger partial charge is 0.103 e. The third kappa shape index (κ3) is 13.3. The van der Waals surface area contributed by atoms with E-state index in [1.807, 2.05) is 0 Å². The van der Waals surface area contributed by atoms with Gasteiger partial charge in [-0.05, 0) is 0 Å². The summed E-state index contributed by atoms with van der Waals surface area (Å²) < 4.78 is 0. The Morgan fingerprint density at radius 1 is 0.217 bits per heavy atom. The van der Waals surface area contributed by atoms with Crippen LogP contribution in [0.15, 0.2) is 182 Å². The van der Waals surface area contributed by atoms with Crippen molar-refractivity contribution in [2.24, 2.45) is 0 Å². The Bertz CT molecular complexity index is 1260. The van der Waals surface area contributed by atoms with E-state index in [0.29, 0.717) is 0 Å². The predicted molar refractivity (Wildman–Crippen MR) is 183 cm³/mol. The maximum absolute atomic E-state index is 2.22. The van der Waals surface area contributed by atoms with Gasteiger partial charge in [0.1, 0.15) is 39.3 Å². The molecule has 0 amide bonds. The lowest BCUT2D eigenvalue weighted by Crippen LogP contribution is -3.08. The lowest BCUT2D eigenvalue weighted by atomic mass is 10.1. The minimum Gasteiger partial charge on any atom is -1.00 e. The van der Waals surface area contributed by atoms with Crippen LogP contribution in [0.2, 0.25) is 0 Å². The van der Waals surface area contributed by atoms with Gasteiger partial charge in [0.2, 0.25) is 0 Å². The molecule has 6 rings (SSSR count). The van der Waals surface area contributed by atoms with Crippen LogP contribution >= 0.6 is 0 Å². The van der Waals surface area contributed by atoms with Gasteiger partial charge in [0.15, 0.2) is 0 Å². The first kappa shape index (κ1) is 36.7. The summed E-state index contributed by atoms with van der Waals surface area (Å²) in [7, 11) is 0. The van der Waals surface area contributed by atoms with Crippen molar-refractivity contribution in [3.8, 4) is 0 Å². The molecule has 0 saturated heterocycles. The van der Waals surface area contributed by atoms with Crippen LogP contribution in [0.4, 0.5) is 0 Å². The molecule has 6 aromatic rings. The molecule has 0 saturated carbocycles. The topological polar surface area (TPSA) is 8.88 Å². The first-order chi connectivity index (χ1) is 21.8. The first-order valence-corrected chi connectivity index (χ1v) is 15.7. The van der Waals surface area contributed by atoms with Crippen molar-refractivity contribution in [3.05, 3.63) is 215 Å². The van der Waals surface area contributed by atoms with E-state index in [9.17, 15) is 0 Å². The Labute approximate surface area is 296 Å². The number of rotatable bonds is 12. The molecule has 0 unspecified atom stereocenters. The van der Waals surface area contributed by atoms with Crippen LogP contribution in [0.1, 0.15) is 33.4 Å². The summed E-state index contributed by atoms with van der Waals surface area (Å²) in [4.78, 5) is 3.12. The van der Waals surface area contributed by atoms with Gasteiger partial charge in [0, 0.05) is 33.4 Å². The molecule has 0 heterocycles. The fraction of sp³-hybridized carbons (Fsp3) is 0.143. The maximum Gasteiger partial charge on any atom is 0.103 e. The van der Waals surface area contributed by atoms with Crippen molar-refractivity contribution in [1.29, 1.82) is 0 Å². The Balaban J connectivity index is 0.000000240. The molecule has 236 valence electrons. The standard InChI is InChI=1S/2C21H21N.2BrH/c2*1-4-10-19(11-5-1)16-22(17-20-12-6-2-7-13-20)18-21-14-8-3-9-15-21;;/h2*1-15H,16-18H2;2*1H. The monoisotopic (exact) mass is 734 g/mol. The predicted octanol–water partition coefficient (Wildman–Crippen LogP) is 0.952.